The summed E-state index contributed by atoms with van der Waals surface area (Å²) in [6.07, 6.45) is 3.12. The van der Waals surface area contributed by atoms with Gasteiger partial charge in [-0.1, -0.05) is 24.3 Å². The van der Waals surface area contributed by atoms with E-state index in [0.29, 0.717) is 38.5 Å². The summed E-state index contributed by atoms with van der Waals surface area (Å²) in [6.45, 7) is 0. The van der Waals surface area contributed by atoms with Crippen molar-refractivity contribution in [3.63, 3.8) is 0 Å². The van der Waals surface area contributed by atoms with Crippen LogP contribution in [0.3, 0.4) is 0 Å². The first-order chi connectivity index (χ1) is 28.8. The summed E-state index contributed by atoms with van der Waals surface area (Å²) in [5.74, 6) is -0.158. The van der Waals surface area contributed by atoms with Crippen molar-refractivity contribution in [3.8, 4) is 34.2 Å². The molecule has 20 heteroatoms. The molecule has 0 aliphatic rings. The number of amides is 2. The van der Waals surface area contributed by atoms with Crippen molar-refractivity contribution in [1.82, 2.24) is 29.5 Å². The van der Waals surface area contributed by atoms with Crippen molar-refractivity contribution in [1.29, 1.82) is 0 Å². The molecule has 0 fully saturated rings. The van der Waals surface area contributed by atoms with Gasteiger partial charge in [-0.25, -0.2) is 18.7 Å². The number of anilines is 4. The second-order valence-corrected chi connectivity index (χ2v) is 13.4. The Bertz CT molecular complexity index is 2740. The summed E-state index contributed by atoms with van der Waals surface area (Å²) < 4.78 is 41.3. The number of aromatic nitrogens is 6. The predicted molar refractivity (Wildman–Crippen MR) is 224 cm³/mol. The van der Waals surface area contributed by atoms with Crippen molar-refractivity contribution in [2.75, 3.05) is 22.1 Å². The predicted octanol–water partition coefficient (Wildman–Crippen LogP) is 5.89. The zero-order valence-electron chi connectivity index (χ0n) is 31.6. The number of nitrogens with two attached hydrogens (primary N) is 2. The number of nitrogens with one attached hydrogen (secondary N) is 2. The molecular formula is C40H34BBrF2N10O6. The molecule has 304 valence electrons. The van der Waals surface area contributed by atoms with E-state index in [1.165, 1.54) is 41.1 Å². The zero-order valence-corrected chi connectivity index (χ0v) is 33.2. The van der Waals surface area contributed by atoms with Gasteiger partial charge < -0.3 is 41.0 Å². The minimum atomic E-state index is -1.52. The van der Waals surface area contributed by atoms with Crippen LogP contribution in [0.2, 0.25) is 0 Å². The van der Waals surface area contributed by atoms with Crippen molar-refractivity contribution in [2.24, 2.45) is 14.1 Å². The Morgan fingerprint density at radius 2 is 1.18 bits per heavy atom. The van der Waals surface area contributed by atoms with Gasteiger partial charge in [-0.3, -0.25) is 19.0 Å². The molecule has 0 aliphatic carbocycles. The van der Waals surface area contributed by atoms with E-state index in [-0.39, 0.29) is 34.4 Å². The lowest BCUT2D eigenvalue weighted by atomic mass is 9.86. The standard InChI is InChI=1S/C20H16FN5O2.C12H9BrFN3O.C8H9BN2O3/c1-26-16(11-15(25-26)17-7-4-10-28-17)13-8-9-18(23-19(13)22)24-20(27)12-5-2-3-6-14(12)21;13-8-5-6-10(16-11(8)15)17-12(18)7-3-1-2-4-9(7)14;1-11-8(9(12)13)5-6(10-11)7-3-2-4-14-7/h2-11H,1H3,(H3,22,23,24,27);1-6H,(H3,15,16,17,18);2-5,12-13H,1H3. The SMILES string of the molecule is Cn1nc(-c2ccco2)cc1-c1ccc(NC(=O)c2ccccc2F)nc1N.Cn1nc(-c2ccco2)cc1B(O)O.Nc1nc(NC(=O)c2ccccc2F)ccc1Br. The van der Waals surface area contributed by atoms with E-state index in [9.17, 15) is 18.4 Å². The Morgan fingerprint density at radius 1 is 0.683 bits per heavy atom. The second kappa shape index (κ2) is 18.9. The molecule has 0 unspecified atom stereocenters. The van der Waals surface area contributed by atoms with Crippen LogP contribution in [0.15, 0.2) is 135 Å². The van der Waals surface area contributed by atoms with Gasteiger partial charge in [0.25, 0.3) is 11.8 Å². The highest BCUT2D eigenvalue weighted by atomic mass is 79.9. The molecule has 0 radical (unpaired) electrons. The van der Waals surface area contributed by atoms with Crippen LogP contribution in [-0.4, -0.2) is 58.5 Å². The Labute approximate surface area is 348 Å². The number of hydrogen-bond acceptors (Lipinski definition) is 12. The van der Waals surface area contributed by atoms with Crippen molar-refractivity contribution < 1.29 is 37.3 Å². The number of halogens is 3. The molecule has 6 aromatic heterocycles. The summed E-state index contributed by atoms with van der Waals surface area (Å²) in [4.78, 5) is 32.2. The number of benzene rings is 2. The topological polar surface area (TPSA) is 238 Å². The smallest absolute Gasteiger partial charge is 0.463 e. The van der Waals surface area contributed by atoms with E-state index < -0.39 is 30.6 Å². The number of carbonyl (C=O) groups excluding carboxylic acids is 2. The van der Waals surface area contributed by atoms with E-state index in [1.54, 1.807) is 92.0 Å². The van der Waals surface area contributed by atoms with Gasteiger partial charge in [-0.05, 0) is 101 Å². The van der Waals surface area contributed by atoms with Crippen LogP contribution in [0.1, 0.15) is 20.7 Å². The lowest BCUT2D eigenvalue weighted by Gasteiger charge is -2.09. The minimum absolute atomic E-state index is 0.0409. The molecule has 2 aromatic carbocycles. The van der Waals surface area contributed by atoms with Gasteiger partial charge in [0.05, 0.1) is 39.4 Å². The number of carbonyl (C=O) groups is 2. The quantitative estimate of drug-likeness (QED) is 0.0980. The average molecular weight is 879 g/mol. The first kappa shape index (κ1) is 42.2. The fourth-order valence-electron chi connectivity index (χ4n) is 5.48. The normalized spacial score (nSPS) is 10.5. The van der Waals surface area contributed by atoms with Gasteiger partial charge in [0.2, 0.25) is 0 Å². The Morgan fingerprint density at radius 3 is 1.65 bits per heavy atom. The summed E-state index contributed by atoms with van der Waals surface area (Å²) in [5.41, 5.74) is 14.5. The van der Waals surface area contributed by atoms with E-state index in [4.69, 9.17) is 30.3 Å². The van der Waals surface area contributed by atoms with Crippen molar-refractivity contribution in [3.05, 3.63) is 149 Å². The van der Waals surface area contributed by atoms with E-state index in [1.807, 2.05) is 12.1 Å². The van der Waals surface area contributed by atoms with Gasteiger partial charge in [0, 0.05) is 19.7 Å². The molecule has 0 saturated carbocycles. The summed E-state index contributed by atoms with van der Waals surface area (Å²) in [7, 11) is 1.91. The number of rotatable bonds is 8. The van der Waals surface area contributed by atoms with Gasteiger partial charge in [0.15, 0.2) is 11.5 Å². The van der Waals surface area contributed by atoms with E-state index in [2.05, 4.69) is 46.7 Å². The number of furan rings is 2. The summed E-state index contributed by atoms with van der Waals surface area (Å²) in [6, 6.07) is 28.5. The van der Waals surface area contributed by atoms with E-state index >= 15 is 0 Å². The molecule has 8 aromatic rings. The van der Waals surface area contributed by atoms with Crippen LogP contribution in [0.4, 0.5) is 32.1 Å². The second-order valence-electron chi connectivity index (χ2n) is 12.5. The third-order valence-electron chi connectivity index (χ3n) is 8.40. The van der Waals surface area contributed by atoms with E-state index in [0.717, 1.165) is 5.69 Å². The minimum Gasteiger partial charge on any atom is -0.463 e. The molecule has 6 heterocycles. The summed E-state index contributed by atoms with van der Waals surface area (Å²) in [5, 5.41) is 31.5. The Balaban J connectivity index is 0.000000162. The Kier molecular flexibility index (Phi) is 13.3. The number of pyridine rings is 2. The maximum atomic E-state index is 13.7. The third-order valence-corrected chi connectivity index (χ3v) is 9.07. The molecule has 60 heavy (non-hydrogen) atoms. The molecule has 8 N–H and O–H groups in total. The first-order valence-corrected chi connectivity index (χ1v) is 18.4. The summed E-state index contributed by atoms with van der Waals surface area (Å²) >= 11 is 3.19. The monoisotopic (exact) mass is 878 g/mol. The molecular weight excluding hydrogens is 845 g/mol. The molecule has 0 saturated heterocycles. The lowest BCUT2D eigenvalue weighted by molar-refractivity contribution is 0.101. The molecule has 0 atom stereocenters. The number of nitrogens with zero attached hydrogens (tertiary/aromatic N) is 6. The largest absolute Gasteiger partial charge is 0.507 e. The van der Waals surface area contributed by atoms with Crippen LogP contribution in [0.25, 0.3) is 34.2 Å². The van der Waals surface area contributed by atoms with Crippen LogP contribution < -0.4 is 27.7 Å². The number of hydrogen-bond donors (Lipinski definition) is 6. The van der Waals surface area contributed by atoms with Gasteiger partial charge in [0.1, 0.15) is 46.3 Å². The third kappa shape index (κ3) is 10.2. The van der Waals surface area contributed by atoms with Gasteiger partial charge in [-0.2, -0.15) is 10.2 Å². The lowest BCUT2D eigenvalue weighted by Crippen LogP contribution is -2.35. The molecule has 8 rings (SSSR count). The maximum absolute atomic E-state index is 13.7. The van der Waals surface area contributed by atoms with Crippen LogP contribution in [-0.2, 0) is 14.1 Å². The highest BCUT2D eigenvalue weighted by Crippen LogP contribution is 2.30. The number of aryl methyl sites for hydroxylation is 2. The molecule has 0 aliphatic heterocycles. The van der Waals surface area contributed by atoms with Crippen molar-refractivity contribution >= 4 is 63.7 Å². The fourth-order valence-corrected chi connectivity index (χ4v) is 5.70. The number of nitrogen functional groups attached to an aromatic ring is 2. The maximum Gasteiger partial charge on any atom is 0.507 e. The highest BCUT2D eigenvalue weighted by molar-refractivity contribution is 9.10. The molecule has 2 amide bonds. The fraction of sp³-hybridized carbons (Fsp3) is 0.0500. The molecule has 16 nitrogen and oxygen atoms in total. The van der Waals surface area contributed by atoms with Crippen LogP contribution >= 0.6 is 15.9 Å². The van der Waals surface area contributed by atoms with Gasteiger partial charge in [-0.15, -0.1) is 0 Å². The molecule has 0 spiro atoms. The Hall–Kier alpha value is -7.42. The van der Waals surface area contributed by atoms with Crippen molar-refractivity contribution in [2.45, 2.75) is 0 Å². The first-order valence-electron chi connectivity index (χ1n) is 17.6. The van der Waals surface area contributed by atoms with Gasteiger partial charge >= 0.3 is 7.12 Å². The van der Waals surface area contributed by atoms with Crippen LogP contribution in [0, 0.1) is 11.6 Å². The zero-order chi connectivity index (χ0) is 42.9. The van der Waals surface area contributed by atoms with Crippen LogP contribution in [0.5, 0.6) is 0 Å². The highest BCUT2D eigenvalue weighted by Gasteiger charge is 2.20. The molecule has 0 bridgehead atoms. The average Bonchev–Trinajstić information content (AvgIpc) is 4.06.